The zero-order chi connectivity index (χ0) is 28.3. The van der Waals surface area contributed by atoms with Crippen LogP contribution in [0.25, 0.3) is 0 Å². The van der Waals surface area contributed by atoms with Crippen molar-refractivity contribution >= 4 is 23.9 Å². The third-order valence-electron chi connectivity index (χ3n) is 8.70. The number of rotatable bonds is 9. The summed E-state index contributed by atoms with van der Waals surface area (Å²) in [7, 11) is 1.51. The van der Waals surface area contributed by atoms with Crippen molar-refractivity contribution in [3.05, 3.63) is 35.1 Å². The number of aliphatic hydroxyl groups is 2. The molecule has 12 heteroatoms. The molecule has 0 aromatic heterocycles. The zero-order valence-corrected chi connectivity index (χ0v) is 21.4. The number of carbonyl (C=O) groups excluding carboxylic acids is 2. The molecule has 1 unspecified atom stereocenters. The lowest BCUT2D eigenvalue weighted by Crippen LogP contribution is -2.69. The van der Waals surface area contributed by atoms with Crippen LogP contribution in [0.5, 0.6) is 11.5 Å². The van der Waals surface area contributed by atoms with Crippen molar-refractivity contribution in [2.24, 2.45) is 11.8 Å². The van der Waals surface area contributed by atoms with Crippen LogP contribution < -0.4 is 9.47 Å². The van der Waals surface area contributed by atoms with Crippen LogP contribution in [-0.2, 0) is 40.5 Å². The van der Waals surface area contributed by atoms with E-state index in [2.05, 4.69) is 11.7 Å². The summed E-state index contributed by atoms with van der Waals surface area (Å²) < 4.78 is 22.0. The normalized spacial score (nSPS) is 31.1. The van der Waals surface area contributed by atoms with Crippen LogP contribution in [0.15, 0.2) is 24.0 Å². The van der Waals surface area contributed by atoms with E-state index in [0.717, 1.165) is 17.5 Å². The summed E-state index contributed by atoms with van der Waals surface area (Å²) in [5.41, 5.74) is -0.170. The van der Waals surface area contributed by atoms with Crippen LogP contribution in [0.1, 0.15) is 50.2 Å². The van der Waals surface area contributed by atoms with Gasteiger partial charge < -0.3 is 39.4 Å². The molecule has 0 saturated heterocycles. The summed E-state index contributed by atoms with van der Waals surface area (Å²) in [6.45, 7) is 2.12. The Morgan fingerprint density at radius 2 is 1.92 bits per heavy atom. The molecule has 2 bridgehead atoms. The van der Waals surface area contributed by atoms with E-state index in [1.54, 1.807) is 6.08 Å². The minimum atomic E-state index is -2.02. The maximum absolute atomic E-state index is 12.8. The van der Waals surface area contributed by atoms with Gasteiger partial charge in [0.1, 0.15) is 5.76 Å². The number of benzene rings is 1. The van der Waals surface area contributed by atoms with E-state index in [1.165, 1.54) is 7.11 Å². The van der Waals surface area contributed by atoms with Crippen LogP contribution in [0.4, 0.5) is 0 Å². The third-order valence-corrected chi connectivity index (χ3v) is 8.70. The van der Waals surface area contributed by atoms with Crippen molar-refractivity contribution in [1.29, 1.82) is 0 Å². The van der Waals surface area contributed by atoms with Gasteiger partial charge in [-0.2, -0.15) is 0 Å². The summed E-state index contributed by atoms with van der Waals surface area (Å²) >= 11 is 0. The summed E-state index contributed by atoms with van der Waals surface area (Å²) in [6, 6.07) is 3.79. The third kappa shape index (κ3) is 4.04. The second kappa shape index (κ2) is 9.53. The van der Waals surface area contributed by atoms with E-state index in [0.29, 0.717) is 24.3 Å². The molecule has 1 aromatic carbocycles. The monoisotopic (exact) mass is 546 g/mol. The van der Waals surface area contributed by atoms with E-state index in [-0.39, 0.29) is 24.0 Å². The maximum atomic E-state index is 12.8. The highest BCUT2D eigenvalue weighted by atomic mass is 16.6. The minimum Gasteiger partial charge on any atom is -0.493 e. The van der Waals surface area contributed by atoms with Crippen LogP contribution in [0, 0.1) is 11.8 Å². The van der Waals surface area contributed by atoms with Gasteiger partial charge in [-0.05, 0) is 55.2 Å². The van der Waals surface area contributed by atoms with Gasteiger partial charge in [0.25, 0.3) is 0 Å². The molecule has 1 spiro atoms. The molecule has 0 radical (unpaired) electrons. The van der Waals surface area contributed by atoms with Gasteiger partial charge in [-0.1, -0.05) is 13.0 Å². The molecule has 0 amide bonds. The Balaban J connectivity index is 1.38. The van der Waals surface area contributed by atoms with Crippen molar-refractivity contribution in [1.82, 2.24) is 0 Å². The van der Waals surface area contributed by atoms with Gasteiger partial charge in [0, 0.05) is 5.56 Å². The van der Waals surface area contributed by atoms with Gasteiger partial charge in [-0.3, -0.25) is 9.59 Å². The fourth-order valence-corrected chi connectivity index (χ4v) is 6.93. The number of aliphatic carboxylic acids is 2. The van der Waals surface area contributed by atoms with E-state index < -0.39 is 66.0 Å². The molecule has 1 aromatic rings. The summed E-state index contributed by atoms with van der Waals surface area (Å²) in [5, 5.41) is 40.4. The van der Waals surface area contributed by atoms with Crippen molar-refractivity contribution in [2.75, 3.05) is 7.11 Å². The highest BCUT2D eigenvalue weighted by molar-refractivity contribution is 5.85. The predicted molar refractivity (Wildman–Crippen MR) is 129 cm³/mol. The Morgan fingerprint density at radius 1 is 1.18 bits per heavy atom. The molecule has 210 valence electrons. The zero-order valence-electron chi connectivity index (χ0n) is 21.4. The smallest absolute Gasteiger partial charge is 0.345 e. The fraction of sp³-hybridized carbons (Fsp3) is 0.556. The van der Waals surface area contributed by atoms with Crippen molar-refractivity contribution in [2.45, 2.75) is 74.8 Å². The lowest BCUT2D eigenvalue weighted by atomic mass is 9.45. The molecule has 5 rings (SSSR count). The topological polar surface area (TPSA) is 186 Å². The highest BCUT2D eigenvalue weighted by Gasteiger charge is 2.72. The van der Waals surface area contributed by atoms with Gasteiger partial charge in [0.15, 0.2) is 23.7 Å². The Kier molecular flexibility index (Phi) is 6.58. The van der Waals surface area contributed by atoms with E-state index >= 15 is 0 Å². The largest absolute Gasteiger partial charge is 0.493 e. The molecular formula is C27H30O12. The standard InChI is InChI=1S/C27H30O12/c1-12-5-7-26-21-13-3-4-16(36-2)22(21)39-23(26)17(6-8-27(26,35)14(12)9-13)38-25(34)15(28)10-20(31)37-18(24(32)33)11-19(29)30/h3-4,6,12,14-15,18,23,28,35H,5,7-11H2,1-2H3,(H,29,30)(H,32,33)/t12?,14-,15-,18-,23-,26-,27+/m0/s1. The average Bonchev–Trinajstić information content (AvgIpc) is 3.22. The molecule has 7 atom stereocenters. The Labute approximate surface area is 223 Å². The number of aliphatic hydroxyl groups excluding tert-OH is 1. The average molecular weight is 547 g/mol. The Morgan fingerprint density at radius 3 is 2.59 bits per heavy atom. The number of esters is 2. The first kappa shape index (κ1) is 26.9. The van der Waals surface area contributed by atoms with E-state index in [4.69, 9.17) is 24.4 Å². The van der Waals surface area contributed by atoms with Crippen LogP contribution in [0.2, 0.25) is 0 Å². The van der Waals surface area contributed by atoms with Gasteiger partial charge in [0.2, 0.25) is 6.10 Å². The molecule has 4 aliphatic rings. The lowest BCUT2D eigenvalue weighted by Gasteiger charge is -2.61. The van der Waals surface area contributed by atoms with Crippen LogP contribution >= 0.6 is 0 Å². The van der Waals surface area contributed by atoms with E-state index in [9.17, 15) is 29.4 Å². The second-order valence-electron chi connectivity index (χ2n) is 10.7. The SMILES string of the molecule is COc1ccc2c3c1O[C@H]1C(OC(=O)[C@@H](O)CC(=O)O[C@@H](CC(=O)O)C(=O)O)=CC[C@@]4(O)[C@@H](C2)C(C)CC[C@]314. The lowest BCUT2D eigenvalue weighted by molar-refractivity contribution is -0.176. The highest BCUT2D eigenvalue weighted by Crippen LogP contribution is 2.68. The molecule has 1 heterocycles. The maximum Gasteiger partial charge on any atom is 0.345 e. The Bertz CT molecular complexity index is 1270. The molecule has 1 saturated carbocycles. The van der Waals surface area contributed by atoms with E-state index in [1.807, 2.05) is 12.1 Å². The molecule has 39 heavy (non-hydrogen) atoms. The van der Waals surface area contributed by atoms with Gasteiger partial charge in [0.05, 0.1) is 31.0 Å². The van der Waals surface area contributed by atoms with Crippen molar-refractivity contribution < 1.29 is 58.6 Å². The number of hydrogen-bond acceptors (Lipinski definition) is 10. The number of carboxylic acid groups (broad SMARTS) is 2. The van der Waals surface area contributed by atoms with Gasteiger partial charge in [-0.25, -0.2) is 9.59 Å². The van der Waals surface area contributed by atoms with Gasteiger partial charge in [-0.15, -0.1) is 0 Å². The molecular weight excluding hydrogens is 516 g/mol. The fourth-order valence-electron chi connectivity index (χ4n) is 6.93. The van der Waals surface area contributed by atoms with Crippen LogP contribution in [-0.4, -0.2) is 75.3 Å². The summed E-state index contributed by atoms with van der Waals surface area (Å²) in [6.07, 6.45) is -2.98. The quantitative estimate of drug-likeness (QED) is 0.323. The molecule has 4 N–H and O–H groups in total. The molecule has 1 fully saturated rings. The van der Waals surface area contributed by atoms with Gasteiger partial charge >= 0.3 is 23.9 Å². The number of ether oxygens (including phenoxy) is 4. The minimum absolute atomic E-state index is 0.0500. The first-order valence-electron chi connectivity index (χ1n) is 12.8. The molecule has 12 nitrogen and oxygen atoms in total. The summed E-state index contributed by atoms with van der Waals surface area (Å²) in [4.78, 5) is 46.9. The molecule has 1 aliphatic heterocycles. The summed E-state index contributed by atoms with van der Waals surface area (Å²) in [5.74, 6) is -4.40. The van der Waals surface area contributed by atoms with Crippen molar-refractivity contribution in [3.8, 4) is 11.5 Å². The molecule has 3 aliphatic carbocycles. The number of methoxy groups -OCH3 is 1. The number of hydrogen-bond donors (Lipinski definition) is 4. The first-order valence-corrected chi connectivity index (χ1v) is 12.8. The Hall–Kier alpha value is -3.64. The number of carbonyl (C=O) groups is 4. The number of carboxylic acids is 2. The first-order chi connectivity index (χ1) is 18.4. The second-order valence-corrected chi connectivity index (χ2v) is 10.7. The predicted octanol–water partition coefficient (Wildman–Crippen LogP) is 1.08. The van der Waals surface area contributed by atoms with Crippen molar-refractivity contribution in [3.63, 3.8) is 0 Å². The van der Waals surface area contributed by atoms with Crippen LogP contribution in [0.3, 0.4) is 0 Å².